The lowest BCUT2D eigenvalue weighted by Crippen LogP contribution is -2.27. The fourth-order valence-corrected chi connectivity index (χ4v) is 5.57. The topological polar surface area (TPSA) is 35.5 Å². The Morgan fingerprint density at radius 1 is 1.03 bits per heavy atom. The fourth-order valence-electron chi connectivity index (χ4n) is 5.57. The first-order valence-electron chi connectivity index (χ1n) is 12.9. The molecule has 0 saturated heterocycles. The maximum atomic E-state index is 12.2. The van der Waals surface area contributed by atoms with E-state index in [1.807, 2.05) is 13.0 Å². The van der Waals surface area contributed by atoms with Crippen molar-refractivity contribution in [2.24, 2.45) is 23.7 Å². The van der Waals surface area contributed by atoms with E-state index < -0.39 is 0 Å². The van der Waals surface area contributed by atoms with Gasteiger partial charge in [0, 0.05) is 0 Å². The molecular formula is C28H44O3. The molecule has 0 aliphatic heterocycles. The predicted octanol–water partition coefficient (Wildman–Crippen LogP) is 7.14. The van der Waals surface area contributed by atoms with Crippen LogP contribution in [0.25, 0.3) is 0 Å². The lowest BCUT2D eigenvalue weighted by molar-refractivity contribution is -0.152. The summed E-state index contributed by atoms with van der Waals surface area (Å²) in [6.45, 7) is 8.35. The average Bonchev–Trinajstić information content (AvgIpc) is 3.14. The zero-order chi connectivity index (χ0) is 22.2. The lowest BCUT2D eigenvalue weighted by Gasteiger charge is -2.32. The summed E-state index contributed by atoms with van der Waals surface area (Å²) < 4.78 is 11.4. The highest BCUT2D eigenvalue weighted by Gasteiger charge is 2.39. The van der Waals surface area contributed by atoms with Gasteiger partial charge in [-0.25, -0.2) is 4.79 Å². The number of ether oxygens (including phenoxy) is 2. The molecule has 0 heterocycles. The maximum absolute atomic E-state index is 12.2. The summed E-state index contributed by atoms with van der Waals surface area (Å²) >= 11 is 0. The van der Waals surface area contributed by atoms with Crippen LogP contribution in [0, 0.1) is 23.7 Å². The van der Waals surface area contributed by atoms with Gasteiger partial charge in [-0.2, -0.15) is 0 Å². The molecule has 3 heteroatoms. The summed E-state index contributed by atoms with van der Waals surface area (Å²) in [6, 6.07) is 6.40. The SMILES string of the molecule is CCCCCCCCC1CCC2Cc3c(cccc3OCC(=O)OC(C)C(C)C)CC12. The number of hydrogen-bond donors (Lipinski definition) is 0. The first-order valence-corrected chi connectivity index (χ1v) is 12.9. The molecule has 1 fully saturated rings. The summed E-state index contributed by atoms with van der Waals surface area (Å²) in [5.74, 6) is 3.47. The van der Waals surface area contributed by atoms with Gasteiger partial charge in [-0.15, -0.1) is 0 Å². The number of hydrogen-bond acceptors (Lipinski definition) is 3. The van der Waals surface area contributed by atoms with Gasteiger partial charge in [-0.1, -0.05) is 77.8 Å². The van der Waals surface area contributed by atoms with Crippen LogP contribution in [0.4, 0.5) is 0 Å². The minimum atomic E-state index is -0.271. The lowest BCUT2D eigenvalue weighted by atomic mass is 9.73. The van der Waals surface area contributed by atoms with E-state index in [-0.39, 0.29) is 18.7 Å². The highest BCUT2D eigenvalue weighted by molar-refractivity contribution is 5.71. The molecule has 2 aliphatic rings. The average molecular weight is 429 g/mol. The molecule has 174 valence electrons. The molecule has 0 bridgehead atoms. The minimum absolute atomic E-state index is 0.00225. The number of unbranched alkanes of at least 4 members (excludes halogenated alkanes) is 5. The number of esters is 1. The number of benzene rings is 1. The highest BCUT2D eigenvalue weighted by Crippen LogP contribution is 2.48. The minimum Gasteiger partial charge on any atom is -0.482 e. The molecule has 3 nitrogen and oxygen atoms in total. The van der Waals surface area contributed by atoms with Crippen molar-refractivity contribution in [3.8, 4) is 5.75 Å². The van der Waals surface area contributed by atoms with Gasteiger partial charge in [-0.3, -0.25) is 0 Å². The Morgan fingerprint density at radius 3 is 2.58 bits per heavy atom. The smallest absolute Gasteiger partial charge is 0.344 e. The zero-order valence-electron chi connectivity index (χ0n) is 20.3. The quantitative estimate of drug-likeness (QED) is 0.262. The van der Waals surface area contributed by atoms with Gasteiger partial charge in [0.1, 0.15) is 11.9 Å². The van der Waals surface area contributed by atoms with Gasteiger partial charge in [0.25, 0.3) is 0 Å². The molecule has 4 unspecified atom stereocenters. The molecular weight excluding hydrogens is 384 g/mol. The van der Waals surface area contributed by atoms with Gasteiger partial charge in [0.15, 0.2) is 6.61 Å². The Labute approximate surface area is 190 Å². The Kier molecular flexibility index (Phi) is 9.29. The van der Waals surface area contributed by atoms with Crippen molar-refractivity contribution in [1.82, 2.24) is 0 Å². The molecule has 1 aromatic rings. The van der Waals surface area contributed by atoms with Crippen molar-refractivity contribution >= 4 is 5.97 Å². The number of carbonyl (C=O) groups excluding carboxylic acids is 1. The second-order valence-corrected chi connectivity index (χ2v) is 10.3. The van der Waals surface area contributed by atoms with Gasteiger partial charge in [0.2, 0.25) is 0 Å². The predicted molar refractivity (Wildman–Crippen MR) is 127 cm³/mol. The van der Waals surface area contributed by atoms with Crippen LogP contribution >= 0.6 is 0 Å². The van der Waals surface area contributed by atoms with Gasteiger partial charge in [-0.05, 0) is 73.5 Å². The largest absolute Gasteiger partial charge is 0.482 e. The second-order valence-electron chi connectivity index (χ2n) is 10.3. The van der Waals surface area contributed by atoms with Crippen LogP contribution in [0.2, 0.25) is 0 Å². The molecule has 31 heavy (non-hydrogen) atoms. The Bertz CT molecular complexity index is 695. The van der Waals surface area contributed by atoms with Crippen molar-refractivity contribution in [2.45, 2.75) is 104 Å². The molecule has 0 radical (unpaired) electrons. The third kappa shape index (κ3) is 6.73. The van der Waals surface area contributed by atoms with Crippen LogP contribution < -0.4 is 4.74 Å². The fraction of sp³-hybridized carbons (Fsp3) is 0.750. The normalized spacial score (nSPS) is 23.3. The standard InChI is InChI=1S/C28H44O3/c1-5-6-7-8-9-10-12-22-15-16-24-18-26-23(17-25(22)24)13-11-14-27(26)30-19-28(29)31-21(4)20(2)3/h11,13-14,20-22,24-25H,5-10,12,15-19H2,1-4H3. The molecule has 0 aromatic heterocycles. The molecule has 0 spiro atoms. The van der Waals surface area contributed by atoms with E-state index in [0.717, 1.165) is 29.9 Å². The van der Waals surface area contributed by atoms with Crippen LogP contribution in [0.3, 0.4) is 0 Å². The van der Waals surface area contributed by atoms with Crippen molar-refractivity contribution in [2.75, 3.05) is 6.61 Å². The van der Waals surface area contributed by atoms with E-state index in [1.165, 1.54) is 75.3 Å². The summed E-state index contributed by atoms with van der Waals surface area (Å²) in [7, 11) is 0. The second kappa shape index (κ2) is 11.9. The first-order chi connectivity index (χ1) is 15.0. The molecule has 0 N–H and O–H groups in total. The van der Waals surface area contributed by atoms with Crippen molar-refractivity contribution in [1.29, 1.82) is 0 Å². The number of fused-ring (bicyclic) bond motifs is 2. The van der Waals surface area contributed by atoms with E-state index in [4.69, 9.17) is 9.47 Å². The Morgan fingerprint density at radius 2 is 1.81 bits per heavy atom. The van der Waals surface area contributed by atoms with Gasteiger partial charge in [0.05, 0.1) is 0 Å². The van der Waals surface area contributed by atoms with Gasteiger partial charge < -0.3 is 9.47 Å². The van der Waals surface area contributed by atoms with Crippen LogP contribution in [-0.2, 0) is 22.4 Å². The Hall–Kier alpha value is -1.51. The van der Waals surface area contributed by atoms with Gasteiger partial charge >= 0.3 is 5.97 Å². The Balaban J connectivity index is 1.52. The van der Waals surface area contributed by atoms with Crippen LogP contribution in [-0.4, -0.2) is 18.7 Å². The molecule has 4 atom stereocenters. The summed E-state index contributed by atoms with van der Waals surface area (Å²) in [6.07, 6.45) is 14.7. The maximum Gasteiger partial charge on any atom is 0.344 e. The van der Waals surface area contributed by atoms with Crippen LogP contribution in [0.1, 0.15) is 96.6 Å². The van der Waals surface area contributed by atoms with E-state index in [9.17, 15) is 4.79 Å². The molecule has 3 rings (SSSR count). The van der Waals surface area contributed by atoms with Crippen molar-refractivity contribution < 1.29 is 14.3 Å². The summed E-state index contributed by atoms with van der Waals surface area (Å²) in [5.41, 5.74) is 2.78. The van der Waals surface area contributed by atoms with E-state index in [0.29, 0.717) is 5.92 Å². The van der Waals surface area contributed by atoms with E-state index in [2.05, 4.69) is 32.9 Å². The highest BCUT2D eigenvalue weighted by atomic mass is 16.6. The first kappa shape index (κ1) is 24.1. The zero-order valence-corrected chi connectivity index (χ0v) is 20.3. The summed E-state index contributed by atoms with van der Waals surface area (Å²) in [5, 5.41) is 0. The van der Waals surface area contributed by atoms with E-state index >= 15 is 0 Å². The van der Waals surface area contributed by atoms with Crippen molar-refractivity contribution in [3.05, 3.63) is 29.3 Å². The third-order valence-corrected chi connectivity index (χ3v) is 7.80. The molecule has 1 aromatic carbocycles. The molecule has 0 amide bonds. The van der Waals surface area contributed by atoms with Crippen LogP contribution in [0.15, 0.2) is 18.2 Å². The van der Waals surface area contributed by atoms with Crippen molar-refractivity contribution in [3.63, 3.8) is 0 Å². The number of carbonyl (C=O) groups is 1. The summed E-state index contributed by atoms with van der Waals surface area (Å²) in [4.78, 5) is 12.2. The molecule has 1 saturated carbocycles. The molecule has 2 aliphatic carbocycles. The van der Waals surface area contributed by atoms with Crippen LogP contribution in [0.5, 0.6) is 5.75 Å². The third-order valence-electron chi connectivity index (χ3n) is 7.80. The monoisotopic (exact) mass is 428 g/mol. The van der Waals surface area contributed by atoms with E-state index in [1.54, 1.807) is 0 Å². The number of rotatable bonds is 12.